The molecular weight excluding hydrogens is 270 g/mol. The van der Waals surface area contributed by atoms with E-state index in [1.807, 2.05) is 12.1 Å². The highest BCUT2D eigenvalue weighted by atomic mass is 35.5. The van der Waals surface area contributed by atoms with Crippen molar-refractivity contribution in [3.8, 4) is 5.75 Å². The van der Waals surface area contributed by atoms with Crippen LogP contribution in [-0.2, 0) is 13.0 Å². The minimum atomic E-state index is 0.575. The molecular formula is C17H24ClNO. The Morgan fingerprint density at radius 2 is 2.10 bits per heavy atom. The fourth-order valence-corrected chi connectivity index (χ4v) is 3.81. The van der Waals surface area contributed by atoms with E-state index in [2.05, 4.69) is 12.2 Å². The van der Waals surface area contributed by atoms with Crippen molar-refractivity contribution in [3.63, 3.8) is 0 Å². The molecule has 3 rings (SSSR count). The van der Waals surface area contributed by atoms with E-state index in [9.17, 15) is 0 Å². The van der Waals surface area contributed by atoms with Gasteiger partial charge in [0.2, 0.25) is 0 Å². The Hall–Kier alpha value is -0.730. The van der Waals surface area contributed by atoms with E-state index < -0.39 is 0 Å². The number of ether oxygens (including phenoxy) is 1. The molecule has 1 fully saturated rings. The van der Waals surface area contributed by atoms with Crippen LogP contribution in [0, 0.1) is 5.92 Å². The molecule has 20 heavy (non-hydrogen) atoms. The van der Waals surface area contributed by atoms with Crippen molar-refractivity contribution >= 4 is 11.6 Å². The van der Waals surface area contributed by atoms with Crippen LogP contribution in [0.15, 0.2) is 12.1 Å². The van der Waals surface area contributed by atoms with E-state index >= 15 is 0 Å². The van der Waals surface area contributed by atoms with Crippen LogP contribution in [0.4, 0.5) is 0 Å². The third-order valence-electron chi connectivity index (χ3n) is 4.80. The van der Waals surface area contributed by atoms with E-state index in [0.717, 1.165) is 36.3 Å². The molecule has 1 aliphatic carbocycles. The third-order valence-corrected chi connectivity index (χ3v) is 5.01. The van der Waals surface area contributed by atoms with Crippen LogP contribution in [0.5, 0.6) is 5.75 Å². The summed E-state index contributed by atoms with van der Waals surface area (Å²) in [5, 5.41) is 4.52. The van der Waals surface area contributed by atoms with Gasteiger partial charge in [-0.05, 0) is 43.4 Å². The van der Waals surface area contributed by atoms with Gasteiger partial charge in [0.25, 0.3) is 0 Å². The lowest BCUT2D eigenvalue weighted by atomic mass is 9.84. The fourth-order valence-electron chi connectivity index (χ4n) is 3.55. The topological polar surface area (TPSA) is 21.3 Å². The minimum absolute atomic E-state index is 0.575. The van der Waals surface area contributed by atoms with Crippen molar-refractivity contribution in [1.82, 2.24) is 5.32 Å². The van der Waals surface area contributed by atoms with Gasteiger partial charge in [-0.1, -0.05) is 30.9 Å². The Balaban J connectivity index is 1.63. The van der Waals surface area contributed by atoms with Gasteiger partial charge in [0.15, 0.2) is 0 Å². The van der Waals surface area contributed by atoms with Gasteiger partial charge in [-0.15, -0.1) is 0 Å². The molecule has 0 amide bonds. The van der Waals surface area contributed by atoms with Gasteiger partial charge in [-0.2, -0.15) is 0 Å². The minimum Gasteiger partial charge on any atom is -0.493 e. The Morgan fingerprint density at radius 1 is 1.30 bits per heavy atom. The summed E-state index contributed by atoms with van der Waals surface area (Å²) >= 11 is 6.21. The van der Waals surface area contributed by atoms with Gasteiger partial charge < -0.3 is 10.1 Å². The average Bonchev–Trinajstić information content (AvgIpc) is 2.93. The van der Waals surface area contributed by atoms with Crippen molar-refractivity contribution in [1.29, 1.82) is 0 Å². The molecule has 2 nitrogen and oxygen atoms in total. The highest BCUT2D eigenvalue weighted by Crippen LogP contribution is 2.33. The monoisotopic (exact) mass is 293 g/mol. The summed E-state index contributed by atoms with van der Waals surface area (Å²) < 4.78 is 5.76. The number of fused-ring (bicyclic) bond motifs is 1. The van der Waals surface area contributed by atoms with Crippen LogP contribution >= 0.6 is 11.6 Å². The zero-order valence-corrected chi connectivity index (χ0v) is 13.0. The Morgan fingerprint density at radius 3 is 2.90 bits per heavy atom. The summed E-state index contributed by atoms with van der Waals surface area (Å²) in [5.74, 6) is 1.90. The van der Waals surface area contributed by atoms with E-state index in [4.69, 9.17) is 16.3 Å². The van der Waals surface area contributed by atoms with E-state index in [-0.39, 0.29) is 0 Å². The Bertz CT molecular complexity index is 468. The maximum atomic E-state index is 6.21. The first-order valence-electron chi connectivity index (χ1n) is 7.91. The molecule has 110 valence electrons. The summed E-state index contributed by atoms with van der Waals surface area (Å²) in [6, 6.07) is 4.66. The molecule has 1 aliphatic heterocycles. The van der Waals surface area contributed by atoms with Gasteiger partial charge in [-0.3, -0.25) is 0 Å². The van der Waals surface area contributed by atoms with Gasteiger partial charge in [0.1, 0.15) is 5.75 Å². The summed E-state index contributed by atoms with van der Waals surface area (Å²) in [6.45, 7) is 3.98. The molecule has 0 spiro atoms. The zero-order chi connectivity index (χ0) is 13.9. The van der Waals surface area contributed by atoms with Crippen molar-refractivity contribution in [2.75, 3.05) is 6.61 Å². The van der Waals surface area contributed by atoms with Crippen LogP contribution in [0.25, 0.3) is 0 Å². The first-order chi connectivity index (χ1) is 9.74. The normalized spacial score (nSPS) is 20.5. The quantitative estimate of drug-likeness (QED) is 0.892. The average molecular weight is 294 g/mol. The first kappa shape index (κ1) is 14.2. The van der Waals surface area contributed by atoms with Gasteiger partial charge in [-0.25, -0.2) is 0 Å². The maximum absolute atomic E-state index is 6.21. The molecule has 1 aromatic rings. The van der Waals surface area contributed by atoms with Gasteiger partial charge in [0, 0.05) is 29.6 Å². The first-order valence-corrected chi connectivity index (χ1v) is 8.29. The van der Waals surface area contributed by atoms with Crippen molar-refractivity contribution < 1.29 is 4.74 Å². The zero-order valence-electron chi connectivity index (χ0n) is 12.3. The Labute approximate surface area is 126 Å². The molecule has 1 aromatic carbocycles. The largest absolute Gasteiger partial charge is 0.493 e. The molecule has 2 aliphatic rings. The Kier molecular flexibility index (Phi) is 4.52. The standard InChI is InChI=1S/C17H24ClNO/c1-12(13-5-3-2-4-6-13)19-11-15-10-16(18)9-14-7-8-20-17(14)15/h9-10,12-13,19H,2-8,11H2,1H3. The summed E-state index contributed by atoms with van der Waals surface area (Å²) in [6.07, 6.45) is 7.94. The third kappa shape index (κ3) is 3.12. The number of benzene rings is 1. The van der Waals surface area contributed by atoms with Crippen molar-refractivity contribution in [2.45, 2.75) is 58.0 Å². The molecule has 1 N–H and O–H groups in total. The molecule has 3 heteroatoms. The molecule has 1 atom stereocenters. The van der Waals surface area contributed by atoms with E-state index in [1.54, 1.807) is 0 Å². The van der Waals surface area contributed by atoms with E-state index in [1.165, 1.54) is 43.2 Å². The van der Waals surface area contributed by atoms with Crippen LogP contribution in [-0.4, -0.2) is 12.6 Å². The summed E-state index contributed by atoms with van der Waals surface area (Å²) in [5.41, 5.74) is 2.48. The highest BCUT2D eigenvalue weighted by Gasteiger charge is 2.21. The van der Waals surface area contributed by atoms with Crippen LogP contribution < -0.4 is 10.1 Å². The fraction of sp³-hybridized carbons (Fsp3) is 0.647. The second-order valence-electron chi connectivity index (χ2n) is 6.22. The molecule has 1 heterocycles. The van der Waals surface area contributed by atoms with Crippen molar-refractivity contribution in [3.05, 3.63) is 28.3 Å². The SMILES string of the molecule is CC(NCc1cc(Cl)cc2c1OCC2)C1CCCCC1. The predicted molar refractivity (Wildman–Crippen MR) is 83.5 cm³/mol. The molecule has 0 bridgehead atoms. The van der Waals surface area contributed by atoms with Gasteiger partial charge >= 0.3 is 0 Å². The van der Waals surface area contributed by atoms with Crippen LogP contribution in [0.3, 0.4) is 0 Å². The number of nitrogens with one attached hydrogen (secondary N) is 1. The molecule has 1 unspecified atom stereocenters. The molecule has 1 saturated carbocycles. The number of hydrogen-bond acceptors (Lipinski definition) is 2. The smallest absolute Gasteiger partial charge is 0.127 e. The predicted octanol–water partition coefficient (Wildman–Crippen LogP) is 4.33. The second-order valence-corrected chi connectivity index (χ2v) is 6.66. The lowest BCUT2D eigenvalue weighted by Crippen LogP contribution is -2.34. The van der Waals surface area contributed by atoms with E-state index in [0.29, 0.717) is 6.04 Å². The van der Waals surface area contributed by atoms with Crippen LogP contribution in [0.1, 0.15) is 50.2 Å². The summed E-state index contributed by atoms with van der Waals surface area (Å²) in [4.78, 5) is 0. The number of rotatable bonds is 4. The number of hydrogen-bond donors (Lipinski definition) is 1. The van der Waals surface area contributed by atoms with Crippen molar-refractivity contribution in [2.24, 2.45) is 5.92 Å². The lowest BCUT2D eigenvalue weighted by molar-refractivity contribution is 0.279. The molecule has 0 radical (unpaired) electrons. The molecule has 0 aromatic heterocycles. The van der Waals surface area contributed by atoms with Crippen LogP contribution in [0.2, 0.25) is 5.02 Å². The highest BCUT2D eigenvalue weighted by molar-refractivity contribution is 6.30. The summed E-state index contributed by atoms with van der Waals surface area (Å²) in [7, 11) is 0. The molecule has 0 saturated heterocycles. The maximum Gasteiger partial charge on any atom is 0.127 e. The van der Waals surface area contributed by atoms with Gasteiger partial charge in [0.05, 0.1) is 6.61 Å². The lowest BCUT2D eigenvalue weighted by Gasteiger charge is -2.28. The second kappa shape index (κ2) is 6.36. The number of halogens is 1.